The fourth-order valence-corrected chi connectivity index (χ4v) is 2.74. The van der Waals surface area contributed by atoms with Crippen molar-refractivity contribution in [3.05, 3.63) is 35.8 Å². The zero-order valence-electron chi connectivity index (χ0n) is 11.5. The predicted octanol–water partition coefficient (Wildman–Crippen LogP) is 2.70. The fourth-order valence-electron chi connectivity index (χ4n) is 2.74. The minimum Gasteiger partial charge on any atom is -0.383 e. The van der Waals surface area contributed by atoms with Gasteiger partial charge in [0.15, 0.2) is 0 Å². The second-order valence-corrected chi connectivity index (χ2v) is 5.16. The molecule has 0 amide bonds. The first kappa shape index (κ1) is 13.1. The van der Waals surface area contributed by atoms with Gasteiger partial charge in [-0.3, -0.25) is 4.68 Å². The number of aryl methyl sites for hydroxylation is 1. The van der Waals surface area contributed by atoms with Crippen LogP contribution in [0.3, 0.4) is 0 Å². The predicted molar refractivity (Wildman–Crippen MR) is 75.8 cm³/mol. The number of nitrogens with zero attached hydrogens (tertiary/aromatic N) is 2. The number of nitrogen functional groups attached to an aromatic ring is 1. The Bertz CT molecular complexity index is 618. The summed E-state index contributed by atoms with van der Waals surface area (Å²) in [6.07, 6.45) is 2.00. The molecule has 20 heavy (non-hydrogen) atoms. The molecule has 106 valence electrons. The maximum Gasteiger partial charge on any atom is 0.131 e. The van der Waals surface area contributed by atoms with Gasteiger partial charge in [0.25, 0.3) is 0 Å². The van der Waals surface area contributed by atoms with E-state index in [0.29, 0.717) is 23.6 Å². The summed E-state index contributed by atoms with van der Waals surface area (Å²) in [5, 5.41) is 4.50. The molecule has 0 radical (unpaired) electrons. The van der Waals surface area contributed by atoms with Crippen molar-refractivity contribution in [2.24, 2.45) is 7.05 Å². The smallest absolute Gasteiger partial charge is 0.131 e. The van der Waals surface area contributed by atoms with Crippen LogP contribution in [0.5, 0.6) is 0 Å². The van der Waals surface area contributed by atoms with E-state index < -0.39 is 0 Å². The molecular formula is C15H18FN3O. The number of rotatable bonds is 2. The molecule has 1 unspecified atom stereocenters. The van der Waals surface area contributed by atoms with E-state index in [-0.39, 0.29) is 11.7 Å². The first-order chi connectivity index (χ1) is 9.68. The van der Waals surface area contributed by atoms with E-state index in [2.05, 4.69) is 5.10 Å². The Morgan fingerprint density at radius 3 is 2.90 bits per heavy atom. The van der Waals surface area contributed by atoms with Crippen LogP contribution in [0.1, 0.15) is 24.5 Å². The molecule has 2 aromatic rings. The molecule has 1 saturated heterocycles. The summed E-state index contributed by atoms with van der Waals surface area (Å²) < 4.78 is 21.2. The SMILES string of the molecule is Cn1nc(C2CCCOC2)c(-c2ccccc2F)c1N. The van der Waals surface area contributed by atoms with Crippen molar-refractivity contribution in [2.45, 2.75) is 18.8 Å². The Kier molecular flexibility index (Phi) is 3.44. The zero-order chi connectivity index (χ0) is 14.1. The van der Waals surface area contributed by atoms with Crippen LogP contribution in [-0.4, -0.2) is 23.0 Å². The van der Waals surface area contributed by atoms with Crippen LogP contribution in [0.4, 0.5) is 10.2 Å². The highest BCUT2D eigenvalue weighted by atomic mass is 19.1. The second kappa shape index (κ2) is 5.25. The summed E-state index contributed by atoms with van der Waals surface area (Å²) >= 11 is 0. The lowest BCUT2D eigenvalue weighted by molar-refractivity contribution is 0.0793. The maximum absolute atomic E-state index is 14.1. The number of nitrogens with two attached hydrogens (primary N) is 1. The van der Waals surface area contributed by atoms with E-state index in [4.69, 9.17) is 10.5 Å². The highest BCUT2D eigenvalue weighted by Crippen LogP contribution is 2.37. The van der Waals surface area contributed by atoms with Crippen LogP contribution in [0, 0.1) is 5.82 Å². The molecule has 2 heterocycles. The molecule has 4 nitrogen and oxygen atoms in total. The number of benzene rings is 1. The van der Waals surface area contributed by atoms with Crippen molar-refractivity contribution < 1.29 is 9.13 Å². The summed E-state index contributed by atoms with van der Waals surface area (Å²) in [7, 11) is 1.78. The van der Waals surface area contributed by atoms with Crippen molar-refractivity contribution >= 4 is 5.82 Å². The van der Waals surface area contributed by atoms with Gasteiger partial charge in [-0.05, 0) is 18.9 Å². The molecule has 1 aromatic carbocycles. The van der Waals surface area contributed by atoms with Gasteiger partial charge in [-0.2, -0.15) is 5.10 Å². The highest BCUT2D eigenvalue weighted by molar-refractivity contribution is 5.77. The molecular weight excluding hydrogens is 257 g/mol. The van der Waals surface area contributed by atoms with Crippen molar-refractivity contribution in [2.75, 3.05) is 18.9 Å². The number of aromatic nitrogens is 2. The fraction of sp³-hybridized carbons (Fsp3) is 0.400. The lowest BCUT2D eigenvalue weighted by atomic mass is 9.92. The van der Waals surface area contributed by atoms with Gasteiger partial charge >= 0.3 is 0 Å². The van der Waals surface area contributed by atoms with E-state index >= 15 is 0 Å². The molecule has 1 fully saturated rings. The monoisotopic (exact) mass is 275 g/mol. The van der Waals surface area contributed by atoms with Gasteiger partial charge in [0.05, 0.1) is 17.9 Å². The summed E-state index contributed by atoms with van der Waals surface area (Å²) in [6.45, 7) is 1.41. The lowest BCUT2D eigenvalue weighted by Crippen LogP contribution is -2.16. The Balaban J connectivity index is 2.12. The van der Waals surface area contributed by atoms with E-state index in [1.807, 2.05) is 6.07 Å². The first-order valence-electron chi connectivity index (χ1n) is 6.83. The Labute approximate surface area is 117 Å². The third-order valence-corrected chi connectivity index (χ3v) is 3.81. The van der Waals surface area contributed by atoms with Crippen molar-refractivity contribution in [1.29, 1.82) is 0 Å². The van der Waals surface area contributed by atoms with Crippen LogP contribution in [0.25, 0.3) is 11.1 Å². The molecule has 0 saturated carbocycles. The average molecular weight is 275 g/mol. The first-order valence-corrected chi connectivity index (χ1v) is 6.83. The van der Waals surface area contributed by atoms with E-state index in [0.717, 1.165) is 25.1 Å². The summed E-state index contributed by atoms with van der Waals surface area (Å²) in [5.41, 5.74) is 8.17. The van der Waals surface area contributed by atoms with Gasteiger partial charge in [0, 0.05) is 25.1 Å². The average Bonchev–Trinajstić information content (AvgIpc) is 2.77. The highest BCUT2D eigenvalue weighted by Gasteiger charge is 2.26. The van der Waals surface area contributed by atoms with E-state index in [1.54, 1.807) is 23.9 Å². The van der Waals surface area contributed by atoms with Crippen LogP contribution < -0.4 is 5.73 Å². The third kappa shape index (κ3) is 2.18. The largest absolute Gasteiger partial charge is 0.383 e. The van der Waals surface area contributed by atoms with E-state index in [1.165, 1.54) is 6.07 Å². The molecule has 1 aromatic heterocycles. The standard InChI is InChI=1S/C15H18FN3O/c1-19-15(17)13(11-6-2-3-7-12(11)16)14(18-19)10-5-4-8-20-9-10/h2-3,6-7,10H,4-5,8-9,17H2,1H3. The van der Waals surface area contributed by atoms with Gasteiger partial charge in [0.1, 0.15) is 11.6 Å². The van der Waals surface area contributed by atoms with Gasteiger partial charge in [0.2, 0.25) is 0 Å². The van der Waals surface area contributed by atoms with E-state index in [9.17, 15) is 4.39 Å². The molecule has 1 atom stereocenters. The molecule has 0 bridgehead atoms. The number of hydrogen-bond donors (Lipinski definition) is 1. The van der Waals surface area contributed by atoms with Crippen LogP contribution >= 0.6 is 0 Å². The van der Waals surface area contributed by atoms with Crippen molar-refractivity contribution in [1.82, 2.24) is 9.78 Å². The lowest BCUT2D eigenvalue weighted by Gasteiger charge is -2.21. The quantitative estimate of drug-likeness (QED) is 0.916. The van der Waals surface area contributed by atoms with Crippen molar-refractivity contribution in [3.8, 4) is 11.1 Å². The van der Waals surface area contributed by atoms with Crippen molar-refractivity contribution in [3.63, 3.8) is 0 Å². The van der Waals surface area contributed by atoms with Gasteiger partial charge in [-0.25, -0.2) is 4.39 Å². The minimum absolute atomic E-state index is 0.182. The minimum atomic E-state index is -0.273. The maximum atomic E-state index is 14.1. The van der Waals surface area contributed by atoms with Crippen LogP contribution in [0.2, 0.25) is 0 Å². The Morgan fingerprint density at radius 1 is 1.40 bits per heavy atom. The number of anilines is 1. The number of hydrogen-bond acceptors (Lipinski definition) is 3. The van der Waals surface area contributed by atoms with Gasteiger partial charge < -0.3 is 10.5 Å². The molecule has 3 rings (SSSR count). The normalized spacial score (nSPS) is 19.2. The molecule has 2 N–H and O–H groups in total. The summed E-state index contributed by atoms with van der Waals surface area (Å²) in [6, 6.07) is 6.68. The van der Waals surface area contributed by atoms with Gasteiger partial charge in [-0.1, -0.05) is 18.2 Å². The van der Waals surface area contributed by atoms with Gasteiger partial charge in [-0.15, -0.1) is 0 Å². The zero-order valence-corrected chi connectivity index (χ0v) is 11.5. The number of halogens is 1. The topological polar surface area (TPSA) is 53.1 Å². The molecule has 0 spiro atoms. The Hall–Kier alpha value is -1.88. The number of ether oxygens (including phenoxy) is 1. The molecule has 1 aliphatic heterocycles. The van der Waals surface area contributed by atoms with Crippen LogP contribution in [0.15, 0.2) is 24.3 Å². The summed E-state index contributed by atoms with van der Waals surface area (Å²) in [5.74, 6) is 0.405. The second-order valence-electron chi connectivity index (χ2n) is 5.16. The molecule has 0 aliphatic carbocycles. The molecule has 5 heteroatoms. The van der Waals surface area contributed by atoms with Crippen LogP contribution in [-0.2, 0) is 11.8 Å². The summed E-state index contributed by atoms with van der Waals surface area (Å²) in [4.78, 5) is 0. The third-order valence-electron chi connectivity index (χ3n) is 3.81. The molecule has 1 aliphatic rings. The Morgan fingerprint density at radius 2 is 2.20 bits per heavy atom.